The van der Waals surface area contributed by atoms with Gasteiger partial charge in [0.05, 0.1) is 20.3 Å². The van der Waals surface area contributed by atoms with Crippen molar-refractivity contribution in [1.82, 2.24) is 15.1 Å². The van der Waals surface area contributed by atoms with E-state index in [-0.39, 0.29) is 11.9 Å². The Balaban J connectivity index is 1.51. The van der Waals surface area contributed by atoms with Crippen LogP contribution in [0.3, 0.4) is 0 Å². The van der Waals surface area contributed by atoms with Crippen LogP contribution in [0.15, 0.2) is 47.5 Å². The summed E-state index contributed by atoms with van der Waals surface area (Å²) in [5.74, 6) is 2.09. The summed E-state index contributed by atoms with van der Waals surface area (Å²) in [5, 5.41) is 3.40. The number of aliphatic imine (C=N–C) groups is 1. The average molecular weight is 445 g/mol. The molecule has 0 bridgehead atoms. The number of methoxy groups -OCH3 is 3. The SMILES string of the molecule is CN=C(NCC(OC)c1ccc(F)cc1)N1CCN(Cc2ccc(OC)c(OC)c2)CC1. The molecule has 0 spiro atoms. The lowest BCUT2D eigenvalue weighted by Gasteiger charge is -2.37. The summed E-state index contributed by atoms with van der Waals surface area (Å²) in [4.78, 5) is 9.11. The zero-order chi connectivity index (χ0) is 22.9. The molecule has 1 aliphatic rings. The van der Waals surface area contributed by atoms with Gasteiger partial charge in [-0.3, -0.25) is 9.89 Å². The number of piperazine rings is 1. The van der Waals surface area contributed by atoms with Gasteiger partial charge in [0.15, 0.2) is 17.5 Å². The van der Waals surface area contributed by atoms with Crippen LogP contribution < -0.4 is 14.8 Å². The van der Waals surface area contributed by atoms with Crippen LogP contribution in [0.2, 0.25) is 0 Å². The fourth-order valence-electron chi connectivity index (χ4n) is 3.89. The number of benzene rings is 2. The summed E-state index contributed by atoms with van der Waals surface area (Å²) in [7, 11) is 6.75. The van der Waals surface area contributed by atoms with E-state index in [9.17, 15) is 4.39 Å². The van der Waals surface area contributed by atoms with E-state index < -0.39 is 0 Å². The fraction of sp³-hybridized carbons (Fsp3) is 0.458. The number of guanidine groups is 1. The Labute approximate surface area is 189 Å². The maximum atomic E-state index is 13.2. The number of ether oxygens (including phenoxy) is 3. The molecular formula is C24H33FN4O3. The van der Waals surface area contributed by atoms with Gasteiger partial charge in [-0.1, -0.05) is 18.2 Å². The van der Waals surface area contributed by atoms with E-state index in [0.29, 0.717) is 6.54 Å². The molecule has 32 heavy (non-hydrogen) atoms. The van der Waals surface area contributed by atoms with Crippen LogP contribution >= 0.6 is 0 Å². The lowest BCUT2D eigenvalue weighted by Crippen LogP contribution is -2.52. The first-order valence-corrected chi connectivity index (χ1v) is 10.7. The smallest absolute Gasteiger partial charge is 0.193 e. The van der Waals surface area contributed by atoms with E-state index in [4.69, 9.17) is 14.2 Å². The Morgan fingerprint density at radius 3 is 2.28 bits per heavy atom. The summed E-state index contributed by atoms with van der Waals surface area (Å²) < 4.78 is 29.5. The maximum absolute atomic E-state index is 13.2. The zero-order valence-corrected chi connectivity index (χ0v) is 19.3. The lowest BCUT2D eigenvalue weighted by atomic mass is 10.1. The first kappa shape index (κ1) is 23.8. The Hall–Kier alpha value is -2.84. The van der Waals surface area contributed by atoms with Gasteiger partial charge in [0.25, 0.3) is 0 Å². The van der Waals surface area contributed by atoms with E-state index >= 15 is 0 Å². The topological polar surface area (TPSA) is 58.6 Å². The molecule has 7 nitrogen and oxygen atoms in total. The van der Waals surface area contributed by atoms with Gasteiger partial charge in [0.2, 0.25) is 0 Å². The highest BCUT2D eigenvalue weighted by atomic mass is 19.1. The molecule has 1 fully saturated rings. The van der Waals surface area contributed by atoms with Crippen molar-refractivity contribution in [2.24, 2.45) is 4.99 Å². The molecule has 174 valence electrons. The van der Waals surface area contributed by atoms with Crippen molar-refractivity contribution in [1.29, 1.82) is 0 Å². The third-order valence-electron chi connectivity index (χ3n) is 5.71. The Morgan fingerprint density at radius 1 is 1.00 bits per heavy atom. The van der Waals surface area contributed by atoms with Crippen molar-refractivity contribution in [3.05, 3.63) is 59.4 Å². The van der Waals surface area contributed by atoms with Gasteiger partial charge < -0.3 is 24.4 Å². The lowest BCUT2D eigenvalue weighted by molar-refractivity contribution is 0.105. The number of nitrogens with one attached hydrogen (secondary N) is 1. The molecule has 2 aromatic carbocycles. The van der Waals surface area contributed by atoms with Crippen molar-refractivity contribution in [3.8, 4) is 11.5 Å². The second-order valence-electron chi connectivity index (χ2n) is 7.66. The van der Waals surface area contributed by atoms with Crippen molar-refractivity contribution in [2.75, 3.05) is 61.1 Å². The molecular weight excluding hydrogens is 411 g/mol. The first-order valence-electron chi connectivity index (χ1n) is 10.7. The third-order valence-corrected chi connectivity index (χ3v) is 5.71. The molecule has 1 unspecified atom stereocenters. The van der Waals surface area contributed by atoms with Gasteiger partial charge in [-0.2, -0.15) is 0 Å². The molecule has 8 heteroatoms. The minimum atomic E-state index is -0.252. The summed E-state index contributed by atoms with van der Waals surface area (Å²) in [6.07, 6.45) is -0.182. The molecule has 0 aliphatic carbocycles. The van der Waals surface area contributed by atoms with E-state index in [2.05, 4.69) is 26.2 Å². The highest BCUT2D eigenvalue weighted by Gasteiger charge is 2.21. The molecule has 0 saturated carbocycles. The standard InChI is InChI=1S/C24H33FN4O3/c1-26-24(27-16-23(32-4)19-6-8-20(25)9-7-19)29-13-11-28(12-14-29)17-18-5-10-21(30-2)22(15-18)31-3/h5-10,15,23H,11-14,16-17H2,1-4H3,(H,26,27). The fourth-order valence-corrected chi connectivity index (χ4v) is 3.89. The Bertz CT molecular complexity index is 883. The maximum Gasteiger partial charge on any atom is 0.193 e. The monoisotopic (exact) mass is 444 g/mol. The highest BCUT2D eigenvalue weighted by Crippen LogP contribution is 2.28. The van der Waals surface area contributed by atoms with E-state index in [1.54, 1.807) is 40.5 Å². The molecule has 1 saturated heterocycles. The first-order chi connectivity index (χ1) is 15.6. The van der Waals surface area contributed by atoms with Gasteiger partial charge in [-0.25, -0.2) is 4.39 Å². The zero-order valence-electron chi connectivity index (χ0n) is 19.3. The van der Waals surface area contributed by atoms with Crippen LogP contribution in [-0.4, -0.2) is 76.9 Å². The third kappa shape index (κ3) is 6.11. The van der Waals surface area contributed by atoms with E-state index in [1.165, 1.54) is 17.7 Å². The summed E-state index contributed by atoms with van der Waals surface area (Å²) >= 11 is 0. The van der Waals surface area contributed by atoms with Crippen molar-refractivity contribution in [2.45, 2.75) is 12.6 Å². The average Bonchev–Trinajstić information content (AvgIpc) is 2.83. The molecule has 1 atom stereocenters. The quantitative estimate of drug-likeness (QED) is 0.499. The summed E-state index contributed by atoms with van der Waals surface area (Å²) in [6, 6.07) is 12.5. The second kappa shape index (κ2) is 11.7. The largest absolute Gasteiger partial charge is 0.493 e. The van der Waals surface area contributed by atoms with E-state index in [0.717, 1.165) is 55.7 Å². The molecule has 1 aliphatic heterocycles. The van der Waals surface area contributed by atoms with Crippen LogP contribution in [-0.2, 0) is 11.3 Å². The van der Waals surface area contributed by atoms with Gasteiger partial charge in [0, 0.05) is 53.4 Å². The number of nitrogens with zero attached hydrogens (tertiary/aromatic N) is 3. The van der Waals surface area contributed by atoms with Crippen LogP contribution in [0.5, 0.6) is 11.5 Å². The second-order valence-corrected chi connectivity index (χ2v) is 7.66. The van der Waals surface area contributed by atoms with Crippen molar-refractivity contribution < 1.29 is 18.6 Å². The van der Waals surface area contributed by atoms with E-state index in [1.807, 2.05) is 12.1 Å². The minimum Gasteiger partial charge on any atom is -0.493 e. The highest BCUT2D eigenvalue weighted by molar-refractivity contribution is 5.80. The summed E-state index contributed by atoms with van der Waals surface area (Å²) in [6.45, 7) is 5.03. The summed E-state index contributed by atoms with van der Waals surface area (Å²) in [5.41, 5.74) is 2.12. The molecule has 1 heterocycles. The van der Waals surface area contributed by atoms with Crippen LogP contribution in [0.1, 0.15) is 17.2 Å². The van der Waals surface area contributed by atoms with Crippen LogP contribution in [0, 0.1) is 5.82 Å². The predicted molar refractivity (Wildman–Crippen MR) is 124 cm³/mol. The van der Waals surface area contributed by atoms with Gasteiger partial charge in [0.1, 0.15) is 5.82 Å². The molecule has 0 aromatic heterocycles. The molecule has 2 aromatic rings. The molecule has 1 N–H and O–H groups in total. The van der Waals surface area contributed by atoms with Crippen molar-refractivity contribution >= 4 is 5.96 Å². The molecule has 0 radical (unpaired) electrons. The van der Waals surface area contributed by atoms with Gasteiger partial charge >= 0.3 is 0 Å². The van der Waals surface area contributed by atoms with Gasteiger partial charge in [-0.15, -0.1) is 0 Å². The Morgan fingerprint density at radius 2 is 1.69 bits per heavy atom. The molecule has 0 amide bonds. The number of hydrogen-bond donors (Lipinski definition) is 1. The Kier molecular flexibility index (Phi) is 8.70. The predicted octanol–water partition coefficient (Wildman–Crippen LogP) is 2.92. The molecule has 3 rings (SSSR count). The van der Waals surface area contributed by atoms with Crippen LogP contribution in [0.25, 0.3) is 0 Å². The normalized spacial score (nSPS) is 16.0. The van der Waals surface area contributed by atoms with Crippen LogP contribution in [0.4, 0.5) is 4.39 Å². The number of rotatable bonds is 8. The number of halogens is 1. The number of hydrogen-bond acceptors (Lipinski definition) is 5. The van der Waals surface area contributed by atoms with Crippen molar-refractivity contribution in [3.63, 3.8) is 0 Å². The minimum absolute atomic E-state index is 0.182. The van der Waals surface area contributed by atoms with Gasteiger partial charge in [-0.05, 0) is 35.4 Å².